The van der Waals surface area contributed by atoms with Crippen molar-refractivity contribution in [1.82, 2.24) is 25.0 Å². The third-order valence-electron chi connectivity index (χ3n) is 5.53. The third-order valence-corrected chi connectivity index (χ3v) is 5.53. The normalized spacial score (nSPS) is 13.1. The highest BCUT2D eigenvalue weighted by atomic mass is 16.2. The van der Waals surface area contributed by atoms with Gasteiger partial charge >= 0.3 is 0 Å². The van der Waals surface area contributed by atoms with Crippen molar-refractivity contribution in [3.8, 4) is 17.1 Å². The van der Waals surface area contributed by atoms with Gasteiger partial charge in [0.15, 0.2) is 5.82 Å². The Morgan fingerprint density at radius 2 is 1.87 bits per heavy atom. The first kappa shape index (κ1) is 19.1. The van der Waals surface area contributed by atoms with E-state index in [9.17, 15) is 4.79 Å². The van der Waals surface area contributed by atoms with Crippen LogP contribution in [0.25, 0.3) is 17.1 Å². The Labute approximate surface area is 180 Å². The molecule has 3 heterocycles. The molecule has 0 fully saturated rings. The average molecular weight is 410 g/mol. The van der Waals surface area contributed by atoms with Gasteiger partial charge in [-0.15, -0.1) is 5.10 Å². The summed E-state index contributed by atoms with van der Waals surface area (Å²) in [7, 11) is 0. The zero-order valence-electron chi connectivity index (χ0n) is 17.4. The lowest BCUT2D eigenvalue weighted by Crippen LogP contribution is -2.26. The van der Waals surface area contributed by atoms with Crippen LogP contribution in [-0.2, 0) is 17.8 Å². The van der Waals surface area contributed by atoms with E-state index < -0.39 is 0 Å². The zero-order chi connectivity index (χ0) is 21.4. The quantitative estimate of drug-likeness (QED) is 0.498. The highest BCUT2D eigenvalue weighted by Crippen LogP contribution is 2.32. The minimum atomic E-state index is 0.0407. The second kappa shape index (κ2) is 7.75. The molecule has 154 valence electrons. The van der Waals surface area contributed by atoms with Gasteiger partial charge in [-0.2, -0.15) is 0 Å². The Balaban J connectivity index is 1.45. The molecule has 4 aromatic rings. The van der Waals surface area contributed by atoms with E-state index in [-0.39, 0.29) is 5.91 Å². The van der Waals surface area contributed by atoms with Crippen molar-refractivity contribution in [1.29, 1.82) is 0 Å². The van der Waals surface area contributed by atoms with Gasteiger partial charge in [-0.3, -0.25) is 9.69 Å². The van der Waals surface area contributed by atoms with Crippen molar-refractivity contribution < 1.29 is 4.79 Å². The third kappa shape index (κ3) is 3.59. The van der Waals surface area contributed by atoms with Crippen LogP contribution in [0.1, 0.15) is 36.5 Å². The van der Waals surface area contributed by atoms with E-state index in [2.05, 4.69) is 35.2 Å². The van der Waals surface area contributed by atoms with Gasteiger partial charge < -0.3 is 0 Å². The lowest BCUT2D eigenvalue weighted by Gasteiger charge is -2.18. The highest BCUT2D eigenvalue weighted by molar-refractivity contribution is 6.00. The molecule has 0 aliphatic carbocycles. The molecule has 0 radical (unpaired) electrons. The van der Waals surface area contributed by atoms with Gasteiger partial charge in [0.2, 0.25) is 5.91 Å². The van der Waals surface area contributed by atoms with Crippen molar-refractivity contribution >= 4 is 11.7 Å². The fourth-order valence-corrected chi connectivity index (χ4v) is 3.91. The summed E-state index contributed by atoms with van der Waals surface area (Å²) in [5.41, 5.74) is 5.02. The molecule has 5 rings (SSSR count). The van der Waals surface area contributed by atoms with Crippen LogP contribution in [0.4, 0.5) is 5.82 Å². The summed E-state index contributed by atoms with van der Waals surface area (Å²) < 4.78 is 1.70. The number of nitrogens with zero attached hydrogens (tertiary/aromatic N) is 6. The Hall–Kier alpha value is -3.87. The topological polar surface area (TPSA) is 76.8 Å². The smallest absolute Gasteiger partial charge is 0.233 e. The summed E-state index contributed by atoms with van der Waals surface area (Å²) in [6, 6.07) is 16.1. The van der Waals surface area contributed by atoms with Gasteiger partial charge in [0.05, 0.1) is 31.0 Å². The van der Waals surface area contributed by atoms with Crippen LogP contribution in [-0.4, -0.2) is 30.9 Å². The van der Waals surface area contributed by atoms with E-state index >= 15 is 0 Å². The van der Waals surface area contributed by atoms with Crippen LogP contribution < -0.4 is 4.90 Å². The fourth-order valence-electron chi connectivity index (χ4n) is 3.91. The predicted octanol–water partition coefficient (Wildman–Crippen LogP) is 3.94. The standard InChI is InChI=1S/C24H22N6O/c1-16(2)20-5-3-4-6-21(20)23-25-14-18-13-22(31)29(24(18)27-23)15-17-7-9-19(10-8-17)30-12-11-26-28-30/h3-12,14,16H,13,15H2,1-2H3. The highest BCUT2D eigenvalue weighted by Gasteiger charge is 2.30. The molecule has 0 bridgehead atoms. The van der Waals surface area contributed by atoms with Gasteiger partial charge in [-0.25, -0.2) is 14.6 Å². The van der Waals surface area contributed by atoms with Crippen LogP contribution in [0, 0.1) is 0 Å². The number of benzene rings is 2. The van der Waals surface area contributed by atoms with E-state index in [4.69, 9.17) is 4.98 Å². The molecule has 1 aliphatic heterocycles. The van der Waals surface area contributed by atoms with Crippen molar-refractivity contribution in [2.75, 3.05) is 4.90 Å². The zero-order valence-corrected chi connectivity index (χ0v) is 17.4. The SMILES string of the molecule is CC(C)c1ccccc1-c1ncc2c(n1)N(Cc1ccc(-n3ccnn3)cc1)C(=O)C2. The van der Waals surface area contributed by atoms with Crippen LogP contribution in [0.2, 0.25) is 0 Å². The molecular formula is C24H22N6O. The summed E-state index contributed by atoms with van der Waals surface area (Å²) >= 11 is 0. The summed E-state index contributed by atoms with van der Waals surface area (Å²) in [6.07, 6.45) is 5.56. The first-order chi connectivity index (χ1) is 15.1. The van der Waals surface area contributed by atoms with Gasteiger partial charge in [0.1, 0.15) is 5.82 Å². The van der Waals surface area contributed by atoms with Gasteiger partial charge in [0.25, 0.3) is 0 Å². The molecule has 7 heteroatoms. The van der Waals surface area contributed by atoms with E-state index in [1.165, 1.54) is 5.56 Å². The fraction of sp³-hybridized carbons (Fsp3) is 0.208. The number of rotatable bonds is 5. The van der Waals surface area contributed by atoms with Gasteiger partial charge in [0, 0.05) is 17.3 Å². The van der Waals surface area contributed by atoms with E-state index in [0.29, 0.717) is 30.5 Å². The first-order valence-electron chi connectivity index (χ1n) is 10.3. The summed E-state index contributed by atoms with van der Waals surface area (Å²) in [5, 5.41) is 7.84. The molecule has 2 aromatic heterocycles. The summed E-state index contributed by atoms with van der Waals surface area (Å²) in [4.78, 5) is 23.9. The number of carbonyl (C=O) groups is 1. The number of fused-ring (bicyclic) bond motifs is 1. The number of hydrogen-bond donors (Lipinski definition) is 0. The molecule has 0 N–H and O–H groups in total. The van der Waals surface area contributed by atoms with E-state index in [1.807, 2.05) is 42.5 Å². The number of aromatic nitrogens is 5. The molecule has 1 aliphatic rings. The molecule has 31 heavy (non-hydrogen) atoms. The number of carbonyl (C=O) groups excluding carboxylic acids is 1. The van der Waals surface area contributed by atoms with Gasteiger partial charge in [-0.1, -0.05) is 55.5 Å². The van der Waals surface area contributed by atoms with Crippen LogP contribution >= 0.6 is 0 Å². The lowest BCUT2D eigenvalue weighted by atomic mass is 9.97. The second-order valence-electron chi connectivity index (χ2n) is 7.96. The summed E-state index contributed by atoms with van der Waals surface area (Å²) in [6.45, 7) is 4.78. The van der Waals surface area contributed by atoms with Crippen molar-refractivity contribution in [2.24, 2.45) is 0 Å². The Morgan fingerprint density at radius 1 is 1.06 bits per heavy atom. The largest absolute Gasteiger partial charge is 0.292 e. The Bertz CT molecular complexity index is 1230. The lowest BCUT2D eigenvalue weighted by molar-refractivity contribution is -0.117. The monoisotopic (exact) mass is 410 g/mol. The summed E-state index contributed by atoms with van der Waals surface area (Å²) in [5.74, 6) is 1.76. The van der Waals surface area contributed by atoms with Crippen molar-refractivity contribution in [3.05, 3.63) is 83.8 Å². The molecular weight excluding hydrogens is 388 g/mol. The predicted molar refractivity (Wildman–Crippen MR) is 118 cm³/mol. The molecule has 1 amide bonds. The van der Waals surface area contributed by atoms with Gasteiger partial charge in [-0.05, 0) is 29.2 Å². The number of amides is 1. The molecule has 0 saturated carbocycles. The van der Waals surface area contributed by atoms with Crippen molar-refractivity contribution in [3.63, 3.8) is 0 Å². The molecule has 0 unspecified atom stereocenters. The maximum absolute atomic E-state index is 12.7. The van der Waals surface area contributed by atoms with Crippen LogP contribution in [0.15, 0.2) is 67.1 Å². The Morgan fingerprint density at radius 3 is 2.61 bits per heavy atom. The number of anilines is 1. The Kier molecular flexibility index (Phi) is 4.78. The minimum Gasteiger partial charge on any atom is -0.292 e. The maximum Gasteiger partial charge on any atom is 0.233 e. The van der Waals surface area contributed by atoms with Crippen LogP contribution in [0.5, 0.6) is 0 Å². The molecule has 0 spiro atoms. The molecule has 0 saturated heterocycles. The van der Waals surface area contributed by atoms with E-state index in [1.54, 1.807) is 28.2 Å². The van der Waals surface area contributed by atoms with Crippen molar-refractivity contribution in [2.45, 2.75) is 32.7 Å². The molecule has 2 aromatic carbocycles. The minimum absolute atomic E-state index is 0.0407. The van der Waals surface area contributed by atoms with Crippen LogP contribution in [0.3, 0.4) is 0 Å². The number of hydrogen-bond acceptors (Lipinski definition) is 5. The molecule has 7 nitrogen and oxygen atoms in total. The van der Waals surface area contributed by atoms with E-state index in [0.717, 1.165) is 22.4 Å². The molecule has 0 atom stereocenters. The second-order valence-corrected chi connectivity index (χ2v) is 7.96. The first-order valence-corrected chi connectivity index (χ1v) is 10.3. The average Bonchev–Trinajstić information content (AvgIpc) is 3.43. The maximum atomic E-state index is 12.7.